The van der Waals surface area contributed by atoms with E-state index in [1.165, 1.54) is 0 Å². The molecule has 0 saturated heterocycles. The van der Waals surface area contributed by atoms with Gasteiger partial charge in [0.05, 0.1) is 0 Å². The van der Waals surface area contributed by atoms with Crippen LogP contribution in [0.25, 0.3) is 0 Å². The molecule has 0 atom stereocenters. The summed E-state index contributed by atoms with van der Waals surface area (Å²) in [5.74, 6) is 0. The average molecular weight is 486 g/mol. The summed E-state index contributed by atoms with van der Waals surface area (Å²) in [5.41, 5.74) is 0. The van der Waals surface area contributed by atoms with E-state index < -0.39 is 30.8 Å². The number of hydrogen-bond acceptors (Lipinski definition) is 10. The van der Waals surface area contributed by atoms with Gasteiger partial charge in [0.1, 0.15) is 0 Å². The van der Waals surface area contributed by atoms with E-state index in [1.807, 2.05) is 0 Å². The summed E-state index contributed by atoms with van der Waals surface area (Å²) < 4.78 is 0. The molecule has 0 radical (unpaired) electrons. The molecule has 0 heterocycles. The molecule has 0 bridgehead atoms. The smallest absolute Gasteiger partial charge is 0.565 e. The largest absolute Gasteiger partial charge is 5.00 e. The van der Waals surface area contributed by atoms with Crippen molar-refractivity contribution in [2.75, 3.05) is 0 Å². The molecule has 0 amide bonds. The molecule has 21 heavy (non-hydrogen) atoms. The Bertz CT molecular complexity index is 207. The summed E-state index contributed by atoms with van der Waals surface area (Å²) in [4.78, 5) is 42.2. The molecule has 0 aromatic rings. The number of carboxylic acid groups (broad SMARTS) is 10. The van der Waals surface area contributed by atoms with Gasteiger partial charge in [-0.2, -0.15) is 0 Å². The topological polar surface area (TPSA) is 302 Å². The average Bonchev–Trinajstić information content (AvgIpc) is 1.94. The molecule has 0 rings (SSSR count). The number of hydrogen-bond donors (Lipinski definition) is 5. The number of carbonyl (C=O) groups is 5. The Hall–Kier alpha value is -2.91. The third-order valence-corrected chi connectivity index (χ3v) is 0. The van der Waals surface area contributed by atoms with E-state index in [1.54, 1.807) is 0 Å². The third-order valence-electron chi connectivity index (χ3n) is 0. The van der Waals surface area contributed by atoms with Crippen molar-refractivity contribution in [3.05, 3.63) is 0 Å². The molecule has 0 unspecified atom stereocenters. The van der Waals surface area contributed by atoms with Gasteiger partial charge < -0.3 is 75.0 Å². The van der Waals surface area contributed by atoms with Gasteiger partial charge in [-0.1, -0.05) is 0 Å². The van der Waals surface area contributed by atoms with E-state index in [2.05, 4.69) is 0 Å². The summed E-state index contributed by atoms with van der Waals surface area (Å²) in [6, 6.07) is 0. The first-order chi connectivity index (χ1) is 8.66. The normalized spacial score (nSPS) is 5.71. The summed E-state index contributed by atoms with van der Waals surface area (Å²) in [6.45, 7) is 0. The van der Waals surface area contributed by atoms with E-state index in [0.717, 1.165) is 0 Å². The molecule has 0 aliphatic heterocycles. The minimum Gasteiger partial charge on any atom is -0.565 e. The van der Waals surface area contributed by atoms with Crippen LogP contribution in [0.2, 0.25) is 0 Å². The van der Waals surface area contributed by atoms with Crippen LogP contribution in [0, 0.1) is 0 Å². The first-order valence-electron chi connectivity index (χ1n) is 3.16. The summed E-state index contributed by atoms with van der Waals surface area (Å²) >= 11 is 0. The molecule has 15 nitrogen and oxygen atoms in total. The Morgan fingerprint density at radius 1 is 0.429 bits per heavy atom. The van der Waals surface area contributed by atoms with Crippen LogP contribution in [0.5, 0.6) is 0 Å². The van der Waals surface area contributed by atoms with E-state index in [9.17, 15) is 0 Å². The van der Waals surface area contributed by atoms with Gasteiger partial charge in [-0.25, -0.2) is 0 Å². The van der Waals surface area contributed by atoms with E-state index in [4.69, 9.17) is 75.0 Å². The maximum absolute atomic E-state index is 8.44. The predicted octanol–water partition coefficient (Wildman–Crippen LogP) is -5.56. The van der Waals surface area contributed by atoms with E-state index in [-0.39, 0.29) is 22.4 Å². The zero-order valence-electron chi connectivity index (χ0n) is 9.27. The zero-order chi connectivity index (χ0) is 17.9. The fourth-order valence-electron chi connectivity index (χ4n) is 0. The van der Waals surface area contributed by atoms with Crippen LogP contribution in [0.3, 0.4) is 0 Å². The Labute approximate surface area is 129 Å². The second kappa shape index (κ2) is 30.3. The number of rotatable bonds is 0. The molecule has 0 spiro atoms. The maximum Gasteiger partial charge on any atom is 5.00 e. The van der Waals surface area contributed by atoms with Gasteiger partial charge in [0.25, 0.3) is 0 Å². The van der Waals surface area contributed by atoms with Gasteiger partial charge in [-0.3, -0.25) is 0 Å². The molecular weight excluding hydrogens is 481 g/mol. The van der Waals surface area contributed by atoms with Gasteiger partial charge in [-0.15, -0.1) is 0 Å². The van der Waals surface area contributed by atoms with Crippen molar-refractivity contribution in [3.63, 3.8) is 0 Å². The van der Waals surface area contributed by atoms with Crippen molar-refractivity contribution in [2.45, 2.75) is 0 Å². The Balaban J connectivity index is -0.0000000331. The van der Waals surface area contributed by atoms with Crippen molar-refractivity contribution in [2.24, 2.45) is 0 Å². The van der Waals surface area contributed by atoms with Gasteiger partial charge in [0.2, 0.25) is 30.8 Å². The van der Waals surface area contributed by atoms with Crippen molar-refractivity contribution < 1.29 is 97.4 Å². The Morgan fingerprint density at radius 2 is 0.429 bits per heavy atom. The molecule has 16 heteroatoms. The fourth-order valence-corrected chi connectivity index (χ4v) is 0. The second-order valence-corrected chi connectivity index (χ2v) is 1.33. The van der Waals surface area contributed by atoms with Crippen LogP contribution in [-0.2, 0) is 22.4 Å². The minimum atomic E-state index is -2.08. The summed E-state index contributed by atoms with van der Waals surface area (Å²) in [6.07, 6.45) is -10.4. The van der Waals surface area contributed by atoms with Crippen LogP contribution >= 0.6 is 0 Å². The first kappa shape index (κ1) is 36.1. The zero-order valence-corrected chi connectivity index (χ0v) is 12.5. The van der Waals surface area contributed by atoms with Gasteiger partial charge >= 0.3 is 22.4 Å². The molecule has 0 saturated carbocycles. The molecule has 0 aliphatic carbocycles. The van der Waals surface area contributed by atoms with E-state index in [0.29, 0.717) is 0 Å². The maximum atomic E-state index is 8.44. The Morgan fingerprint density at radius 3 is 0.429 bits per heavy atom. The minimum absolute atomic E-state index is 0. The van der Waals surface area contributed by atoms with Crippen molar-refractivity contribution in [1.29, 1.82) is 0 Å². The molecule has 0 fully saturated rings. The summed E-state index contributed by atoms with van der Waals surface area (Å²) in [5, 5.41) is 76.5. The molecule has 0 aromatic heterocycles. The van der Waals surface area contributed by atoms with Crippen LogP contribution in [0.1, 0.15) is 0 Å². The van der Waals surface area contributed by atoms with Crippen LogP contribution in [0.4, 0.5) is 24.0 Å². The van der Waals surface area contributed by atoms with Crippen LogP contribution < -0.4 is 25.5 Å². The summed E-state index contributed by atoms with van der Waals surface area (Å²) in [7, 11) is 0. The van der Waals surface area contributed by atoms with Gasteiger partial charge in [0.15, 0.2) is 0 Å². The molecule has 120 valence electrons. The fraction of sp³-hybridized carbons (Fsp3) is 0. The monoisotopic (exact) mass is 486 g/mol. The van der Waals surface area contributed by atoms with Crippen LogP contribution in [-0.4, -0.2) is 56.3 Å². The van der Waals surface area contributed by atoms with Crippen LogP contribution in [0.15, 0.2) is 0 Å². The third kappa shape index (κ3) is 460. The standard InChI is InChI=1S/5CH2O3.Ta/c5*2-1(3)4;/h5*(H2,2,3,4);/q;;;;;+5/p-5. The quantitative estimate of drug-likeness (QED) is 0.213. The second-order valence-electron chi connectivity index (χ2n) is 1.33. The molecular formula is C5H5O15Ta. The van der Waals surface area contributed by atoms with E-state index >= 15 is 0 Å². The molecule has 0 aliphatic rings. The predicted molar refractivity (Wildman–Crippen MR) is 40.1 cm³/mol. The van der Waals surface area contributed by atoms with Gasteiger partial charge in [0, 0.05) is 0 Å². The van der Waals surface area contributed by atoms with Crippen molar-refractivity contribution >= 4 is 30.8 Å². The molecule has 5 N–H and O–H groups in total. The van der Waals surface area contributed by atoms with Crippen molar-refractivity contribution in [3.8, 4) is 0 Å². The van der Waals surface area contributed by atoms with Gasteiger partial charge in [-0.05, 0) is 0 Å². The Kier molecular flexibility index (Phi) is 52.1. The first-order valence-corrected chi connectivity index (χ1v) is 3.16. The van der Waals surface area contributed by atoms with Crippen molar-refractivity contribution in [1.82, 2.24) is 0 Å². The molecule has 0 aromatic carbocycles. The SMILES string of the molecule is O=C([O-])O.O=C([O-])O.O=C([O-])O.O=C([O-])O.O=C([O-])O.[Ta+5].